The summed E-state index contributed by atoms with van der Waals surface area (Å²) < 4.78 is 0. The summed E-state index contributed by atoms with van der Waals surface area (Å²) in [6.07, 6.45) is 4.87. The maximum Gasteiger partial charge on any atom is 0.138 e. The number of para-hydroxylation sites is 2. The van der Waals surface area contributed by atoms with E-state index in [-0.39, 0.29) is 0 Å². The van der Waals surface area contributed by atoms with Crippen molar-refractivity contribution in [1.82, 2.24) is 4.90 Å². The van der Waals surface area contributed by atoms with Crippen LogP contribution in [0.1, 0.15) is 24.8 Å². The fourth-order valence-electron chi connectivity index (χ4n) is 4.40. The molecule has 0 unspecified atom stereocenters. The summed E-state index contributed by atoms with van der Waals surface area (Å²) in [6.45, 7) is 3.43. The maximum atomic E-state index is 10.2. The molecule has 3 heteroatoms. The summed E-state index contributed by atoms with van der Waals surface area (Å²) in [5, 5.41) is 10.2. The van der Waals surface area contributed by atoms with Gasteiger partial charge in [-0.2, -0.15) is 0 Å². The first kappa shape index (κ1) is 15.5. The van der Waals surface area contributed by atoms with Gasteiger partial charge in [-0.05, 0) is 49.9 Å². The van der Waals surface area contributed by atoms with Crippen molar-refractivity contribution in [2.24, 2.45) is 0 Å². The van der Waals surface area contributed by atoms with Gasteiger partial charge >= 0.3 is 0 Å². The molecule has 2 bridgehead atoms. The highest BCUT2D eigenvalue weighted by Crippen LogP contribution is 2.38. The molecule has 2 atom stereocenters. The van der Waals surface area contributed by atoms with Gasteiger partial charge in [0.05, 0.1) is 5.69 Å². The first-order valence-electron chi connectivity index (χ1n) is 9.14. The number of nitrogens with zero attached hydrogens (tertiary/aromatic N) is 2. The van der Waals surface area contributed by atoms with E-state index < -0.39 is 0 Å². The second kappa shape index (κ2) is 6.86. The van der Waals surface area contributed by atoms with Crippen molar-refractivity contribution in [1.29, 1.82) is 0 Å². The van der Waals surface area contributed by atoms with Crippen LogP contribution in [0.3, 0.4) is 0 Å². The third-order valence-electron chi connectivity index (χ3n) is 5.50. The van der Waals surface area contributed by atoms with E-state index in [2.05, 4.69) is 46.2 Å². The molecule has 3 nitrogen and oxygen atoms in total. The monoisotopic (exact) mass is 322 g/mol. The summed E-state index contributed by atoms with van der Waals surface area (Å²) in [7, 11) is 0. The van der Waals surface area contributed by atoms with Crippen LogP contribution in [0.4, 0.5) is 5.69 Å². The van der Waals surface area contributed by atoms with Gasteiger partial charge in [-0.15, -0.1) is 0 Å². The van der Waals surface area contributed by atoms with Crippen LogP contribution in [0.15, 0.2) is 54.6 Å². The van der Waals surface area contributed by atoms with Crippen molar-refractivity contribution < 1.29 is 5.11 Å². The largest absolute Gasteiger partial charge is 0.506 e. The van der Waals surface area contributed by atoms with Gasteiger partial charge in [0.1, 0.15) is 5.75 Å². The molecule has 0 spiro atoms. The zero-order valence-corrected chi connectivity index (χ0v) is 14.1. The standard InChI is InChI=1S/C21H26N2O/c24-21-11-5-4-10-20(21)23-18-12-13-19(23)16-22(15-18)14-6-9-17-7-2-1-3-8-17/h1-5,7-8,10-11,18-19,24H,6,9,12-16H2/t18-,19+. The van der Waals surface area contributed by atoms with Gasteiger partial charge < -0.3 is 10.0 Å². The Labute approximate surface area is 144 Å². The molecule has 2 aliphatic rings. The van der Waals surface area contributed by atoms with Crippen molar-refractivity contribution in [3.8, 4) is 5.75 Å². The summed E-state index contributed by atoms with van der Waals surface area (Å²) in [5.74, 6) is 0.423. The molecule has 2 aromatic rings. The van der Waals surface area contributed by atoms with Gasteiger partial charge in [-0.3, -0.25) is 4.90 Å². The quantitative estimate of drug-likeness (QED) is 0.910. The number of hydrogen-bond donors (Lipinski definition) is 1. The number of aryl methyl sites for hydroxylation is 1. The fraction of sp³-hybridized carbons (Fsp3) is 0.429. The Hall–Kier alpha value is -2.00. The maximum absolute atomic E-state index is 10.2. The highest BCUT2D eigenvalue weighted by molar-refractivity contribution is 5.60. The van der Waals surface area contributed by atoms with Crippen molar-refractivity contribution in [3.05, 3.63) is 60.2 Å². The molecule has 2 fully saturated rings. The molecule has 2 saturated heterocycles. The summed E-state index contributed by atoms with van der Waals surface area (Å²) in [6, 6.07) is 19.7. The molecular formula is C21H26N2O. The third-order valence-corrected chi connectivity index (χ3v) is 5.50. The van der Waals surface area contributed by atoms with E-state index in [1.807, 2.05) is 12.1 Å². The molecule has 24 heavy (non-hydrogen) atoms. The van der Waals surface area contributed by atoms with E-state index in [9.17, 15) is 5.11 Å². The minimum absolute atomic E-state index is 0.423. The molecule has 0 amide bonds. The first-order chi connectivity index (χ1) is 11.8. The van der Waals surface area contributed by atoms with Crippen molar-refractivity contribution in [3.63, 3.8) is 0 Å². The van der Waals surface area contributed by atoms with Crippen LogP contribution in [0.5, 0.6) is 5.75 Å². The van der Waals surface area contributed by atoms with Gasteiger partial charge in [0.2, 0.25) is 0 Å². The number of fused-ring (bicyclic) bond motifs is 2. The number of phenols is 1. The Morgan fingerprint density at radius 3 is 2.25 bits per heavy atom. The Bertz CT molecular complexity index is 659. The number of rotatable bonds is 5. The van der Waals surface area contributed by atoms with Crippen LogP contribution in [0.25, 0.3) is 0 Å². The van der Waals surface area contributed by atoms with Crippen molar-refractivity contribution in [2.75, 3.05) is 24.5 Å². The van der Waals surface area contributed by atoms with E-state index in [0.29, 0.717) is 17.8 Å². The van der Waals surface area contributed by atoms with Gasteiger partial charge in [-0.25, -0.2) is 0 Å². The molecule has 2 heterocycles. The van der Waals surface area contributed by atoms with Gasteiger partial charge in [-0.1, -0.05) is 42.5 Å². The van der Waals surface area contributed by atoms with E-state index in [0.717, 1.165) is 25.2 Å². The molecular weight excluding hydrogens is 296 g/mol. The van der Waals surface area contributed by atoms with Gasteiger partial charge in [0.15, 0.2) is 0 Å². The highest BCUT2D eigenvalue weighted by Gasteiger charge is 2.40. The Morgan fingerprint density at radius 2 is 1.54 bits per heavy atom. The second-order valence-corrected chi connectivity index (χ2v) is 7.13. The molecule has 0 radical (unpaired) electrons. The summed E-state index contributed by atoms with van der Waals surface area (Å²) in [5.41, 5.74) is 2.46. The summed E-state index contributed by atoms with van der Waals surface area (Å²) in [4.78, 5) is 5.10. The van der Waals surface area contributed by atoms with Gasteiger partial charge in [0.25, 0.3) is 0 Å². The van der Waals surface area contributed by atoms with Crippen LogP contribution in [0.2, 0.25) is 0 Å². The van der Waals surface area contributed by atoms with Crippen molar-refractivity contribution >= 4 is 5.69 Å². The van der Waals surface area contributed by atoms with Crippen LogP contribution in [0, 0.1) is 0 Å². The zero-order valence-electron chi connectivity index (χ0n) is 14.1. The lowest BCUT2D eigenvalue weighted by atomic mass is 10.1. The topological polar surface area (TPSA) is 26.7 Å². The first-order valence-corrected chi connectivity index (χ1v) is 9.14. The third kappa shape index (κ3) is 3.13. The molecule has 0 saturated carbocycles. The average molecular weight is 322 g/mol. The Morgan fingerprint density at radius 1 is 0.875 bits per heavy atom. The molecule has 2 aromatic carbocycles. The Balaban J connectivity index is 1.35. The van der Waals surface area contributed by atoms with Crippen molar-refractivity contribution in [2.45, 2.75) is 37.8 Å². The lowest BCUT2D eigenvalue weighted by molar-refractivity contribution is 0.217. The summed E-state index contributed by atoms with van der Waals surface area (Å²) >= 11 is 0. The Kier molecular flexibility index (Phi) is 4.44. The number of phenolic OH excluding ortho intramolecular Hbond substituents is 1. The van der Waals surface area contributed by atoms with E-state index in [1.54, 1.807) is 6.07 Å². The molecule has 4 rings (SSSR count). The SMILES string of the molecule is Oc1ccccc1N1[C@@H]2CC[C@H]1CN(CCCc1ccccc1)C2. The van der Waals surface area contributed by atoms with E-state index in [1.165, 1.54) is 31.4 Å². The predicted molar refractivity (Wildman–Crippen MR) is 98.6 cm³/mol. The number of aromatic hydroxyl groups is 1. The minimum atomic E-state index is 0.423. The fourth-order valence-corrected chi connectivity index (χ4v) is 4.40. The average Bonchev–Trinajstić information content (AvgIpc) is 2.86. The predicted octanol–water partition coefficient (Wildman–Crippen LogP) is 3.68. The highest BCUT2D eigenvalue weighted by atomic mass is 16.3. The van der Waals surface area contributed by atoms with E-state index >= 15 is 0 Å². The normalized spacial score (nSPS) is 23.6. The molecule has 1 N–H and O–H groups in total. The van der Waals surface area contributed by atoms with Crippen LogP contribution in [-0.4, -0.2) is 41.7 Å². The lowest BCUT2D eigenvalue weighted by Gasteiger charge is -2.42. The number of anilines is 1. The molecule has 2 aliphatic heterocycles. The smallest absolute Gasteiger partial charge is 0.138 e. The molecule has 126 valence electrons. The number of benzene rings is 2. The molecule has 0 aliphatic carbocycles. The van der Waals surface area contributed by atoms with Crippen LogP contribution < -0.4 is 4.90 Å². The minimum Gasteiger partial charge on any atom is -0.506 e. The number of piperazine rings is 1. The zero-order chi connectivity index (χ0) is 16.4. The number of hydrogen-bond acceptors (Lipinski definition) is 3. The van der Waals surface area contributed by atoms with Crippen LogP contribution >= 0.6 is 0 Å². The molecule has 0 aromatic heterocycles. The lowest BCUT2D eigenvalue weighted by Crippen LogP contribution is -2.54. The van der Waals surface area contributed by atoms with E-state index in [4.69, 9.17) is 0 Å². The van der Waals surface area contributed by atoms with Crippen LogP contribution in [-0.2, 0) is 6.42 Å². The number of likely N-dealkylation sites (tertiary alicyclic amines) is 1. The second-order valence-electron chi connectivity index (χ2n) is 7.13. The van der Waals surface area contributed by atoms with Gasteiger partial charge in [0, 0.05) is 25.2 Å².